The number of ether oxygens (including phenoxy) is 1. The molecule has 2 aliphatic heterocycles. The number of hydrogen-bond acceptors (Lipinski definition) is 4. The summed E-state index contributed by atoms with van der Waals surface area (Å²) < 4.78 is 5.53. The van der Waals surface area contributed by atoms with Gasteiger partial charge in [0.15, 0.2) is 0 Å². The molecular formula is C13H23N3O3. The maximum atomic E-state index is 12.1. The normalized spacial score (nSPS) is 31.3. The molecule has 2 fully saturated rings. The smallest absolute Gasteiger partial charge is 0.249 e. The summed E-state index contributed by atoms with van der Waals surface area (Å²) in [7, 11) is 0. The highest BCUT2D eigenvalue weighted by molar-refractivity contribution is 5.90. The number of likely N-dealkylation sites (tertiary alicyclic amines) is 1. The average Bonchev–Trinajstić information content (AvgIpc) is 2.97. The van der Waals surface area contributed by atoms with Gasteiger partial charge in [-0.1, -0.05) is 0 Å². The van der Waals surface area contributed by atoms with Crippen molar-refractivity contribution in [3.8, 4) is 0 Å². The molecule has 2 heterocycles. The van der Waals surface area contributed by atoms with Crippen molar-refractivity contribution < 1.29 is 14.3 Å². The molecular weight excluding hydrogens is 246 g/mol. The summed E-state index contributed by atoms with van der Waals surface area (Å²) in [5.41, 5.74) is 5.52. The van der Waals surface area contributed by atoms with Crippen LogP contribution in [-0.2, 0) is 14.3 Å². The third kappa shape index (κ3) is 3.06. The average molecular weight is 269 g/mol. The predicted molar refractivity (Wildman–Crippen MR) is 70.3 cm³/mol. The number of amides is 2. The number of hydrogen-bond donors (Lipinski definition) is 2. The molecule has 2 amide bonds. The fourth-order valence-electron chi connectivity index (χ4n) is 2.69. The van der Waals surface area contributed by atoms with Crippen LogP contribution in [0.15, 0.2) is 0 Å². The van der Waals surface area contributed by atoms with E-state index in [4.69, 9.17) is 10.5 Å². The van der Waals surface area contributed by atoms with Crippen molar-refractivity contribution in [1.29, 1.82) is 0 Å². The Balaban J connectivity index is 1.85. The van der Waals surface area contributed by atoms with Crippen molar-refractivity contribution in [3.05, 3.63) is 0 Å². The van der Waals surface area contributed by atoms with Crippen molar-refractivity contribution in [2.45, 2.75) is 57.4 Å². The fraction of sp³-hybridized carbons (Fsp3) is 0.846. The Hall–Kier alpha value is -1.14. The van der Waals surface area contributed by atoms with Gasteiger partial charge >= 0.3 is 0 Å². The number of nitrogens with zero attached hydrogens (tertiary/aromatic N) is 1. The highest BCUT2D eigenvalue weighted by Crippen LogP contribution is 2.20. The zero-order valence-electron chi connectivity index (χ0n) is 11.6. The molecule has 1 unspecified atom stereocenters. The zero-order chi connectivity index (χ0) is 14.0. The topological polar surface area (TPSA) is 84.7 Å². The van der Waals surface area contributed by atoms with Gasteiger partial charge in [-0.15, -0.1) is 0 Å². The first-order chi connectivity index (χ1) is 9.02. The summed E-state index contributed by atoms with van der Waals surface area (Å²) in [4.78, 5) is 25.9. The van der Waals surface area contributed by atoms with Gasteiger partial charge in [-0.2, -0.15) is 0 Å². The van der Waals surface area contributed by atoms with E-state index in [2.05, 4.69) is 5.32 Å². The van der Waals surface area contributed by atoms with Crippen LogP contribution >= 0.6 is 0 Å². The van der Waals surface area contributed by atoms with Gasteiger partial charge < -0.3 is 20.7 Å². The summed E-state index contributed by atoms with van der Waals surface area (Å²) >= 11 is 0. The van der Waals surface area contributed by atoms with E-state index >= 15 is 0 Å². The largest absolute Gasteiger partial charge is 0.364 e. The number of nitrogens with two attached hydrogens (primary N) is 1. The van der Waals surface area contributed by atoms with Gasteiger partial charge in [-0.3, -0.25) is 9.59 Å². The Kier molecular flexibility index (Phi) is 4.42. The molecule has 108 valence electrons. The van der Waals surface area contributed by atoms with E-state index in [-0.39, 0.29) is 24.0 Å². The van der Waals surface area contributed by atoms with Crippen molar-refractivity contribution in [2.24, 2.45) is 5.73 Å². The maximum Gasteiger partial charge on any atom is 0.249 e. The number of nitrogens with one attached hydrogen (secondary N) is 1. The Morgan fingerprint density at radius 2 is 2.21 bits per heavy atom. The van der Waals surface area contributed by atoms with Crippen LogP contribution in [0, 0.1) is 0 Å². The van der Waals surface area contributed by atoms with Gasteiger partial charge in [0.25, 0.3) is 0 Å². The van der Waals surface area contributed by atoms with E-state index in [1.807, 2.05) is 13.8 Å². The summed E-state index contributed by atoms with van der Waals surface area (Å²) in [6, 6.07) is -0.214. The van der Waals surface area contributed by atoms with Crippen LogP contribution in [0.3, 0.4) is 0 Å². The monoisotopic (exact) mass is 269 g/mol. The summed E-state index contributed by atoms with van der Waals surface area (Å²) in [6.07, 6.45) is 1.69. The van der Waals surface area contributed by atoms with Gasteiger partial charge in [0, 0.05) is 19.1 Å². The third-order valence-corrected chi connectivity index (χ3v) is 3.84. The molecule has 6 nitrogen and oxygen atoms in total. The first-order valence-corrected chi connectivity index (χ1v) is 6.99. The van der Waals surface area contributed by atoms with Crippen LogP contribution in [0.5, 0.6) is 0 Å². The van der Waals surface area contributed by atoms with Gasteiger partial charge in [0.05, 0.1) is 6.10 Å². The molecule has 3 N–H and O–H groups in total. The number of carbonyl (C=O) groups excluding carboxylic acids is 2. The van der Waals surface area contributed by atoms with E-state index in [1.54, 1.807) is 4.90 Å². The van der Waals surface area contributed by atoms with Crippen molar-refractivity contribution in [1.82, 2.24) is 10.2 Å². The van der Waals surface area contributed by atoms with E-state index in [0.717, 1.165) is 6.42 Å². The highest BCUT2D eigenvalue weighted by atomic mass is 16.5. The minimum absolute atomic E-state index is 0.0109. The van der Waals surface area contributed by atoms with Crippen LogP contribution in [0.2, 0.25) is 0 Å². The Labute approximate surface area is 113 Å². The fourth-order valence-corrected chi connectivity index (χ4v) is 2.69. The molecule has 3 atom stereocenters. The molecule has 0 spiro atoms. The standard InChI is InChI=1S/C13H23N3O3/c1-8(2)16-6-5-10(13(16)18)15-12(17)11-4-3-9(7-14)19-11/h8-11H,3-7,14H2,1-2H3,(H,15,17)/t9-,10?,11+/m1/s1. The second-order valence-electron chi connectivity index (χ2n) is 5.54. The SMILES string of the molecule is CC(C)N1CCC(NC(=O)[C@@H]2CC[C@H](CN)O2)C1=O. The molecule has 6 heteroatoms. The highest BCUT2D eigenvalue weighted by Gasteiger charge is 2.37. The quantitative estimate of drug-likeness (QED) is 0.728. The lowest BCUT2D eigenvalue weighted by atomic mass is 10.1. The minimum Gasteiger partial charge on any atom is -0.364 e. The molecule has 0 aromatic carbocycles. The minimum atomic E-state index is -0.450. The van der Waals surface area contributed by atoms with Crippen LogP contribution in [0.25, 0.3) is 0 Å². The van der Waals surface area contributed by atoms with E-state index in [9.17, 15) is 9.59 Å². The van der Waals surface area contributed by atoms with Crippen LogP contribution in [0.4, 0.5) is 0 Å². The Morgan fingerprint density at radius 1 is 1.47 bits per heavy atom. The van der Waals surface area contributed by atoms with Crippen molar-refractivity contribution in [2.75, 3.05) is 13.1 Å². The number of carbonyl (C=O) groups is 2. The molecule has 0 aromatic heterocycles. The molecule has 0 aliphatic carbocycles. The van der Waals surface area contributed by atoms with Crippen molar-refractivity contribution in [3.63, 3.8) is 0 Å². The first-order valence-electron chi connectivity index (χ1n) is 6.99. The predicted octanol–water partition coefficient (Wildman–Crippen LogP) is -0.382. The van der Waals surface area contributed by atoms with Crippen LogP contribution in [-0.4, -0.2) is 54.1 Å². The van der Waals surface area contributed by atoms with E-state index < -0.39 is 12.1 Å². The third-order valence-electron chi connectivity index (χ3n) is 3.84. The van der Waals surface area contributed by atoms with Gasteiger partial charge in [0.2, 0.25) is 11.8 Å². The van der Waals surface area contributed by atoms with Crippen molar-refractivity contribution >= 4 is 11.8 Å². The van der Waals surface area contributed by atoms with Gasteiger partial charge in [0.1, 0.15) is 12.1 Å². The second kappa shape index (κ2) is 5.88. The molecule has 2 rings (SSSR count). The molecule has 2 aliphatic rings. The lowest BCUT2D eigenvalue weighted by Gasteiger charge is -2.21. The summed E-state index contributed by atoms with van der Waals surface area (Å²) in [5, 5.41) is 2.80. The van der Waals surface area contributed by atoms with Crippen LogP contribution < -0.4 is 11.1 Å². The van der Waals surface area contributed by atoms with E-state index in [0.29, 0.717) is 25.9 Å². The number of rotatable bonds is 4. The second-order valence-corrected chi connectivity index (χ2v) is 5.54. The summed E-state index contributed by atoms with van der Waals surface area (Å²) in [5.74, 6) is -0.170. The molecule has 0 bridgehead atoms. The zero-order valence-corrected chi connectivity index (χ0v) is 11.6. The summed E-state index contributed by atoms with van der Waals surface area (Å²) in [6.45, 7) is 5.10. The Bertz CT molecular complexity index is 359. The molecule has 2 saturated heterocycles. The lowest BCUT2D eigenvalue weighted by molar-refractivity contribution is -0.137. The lowest BCUT2D eigenvalue weighted by Crippen LogP contribution is -2.46. The molecule has 19 heavy (non-hydrogen) atoms. The van der Waals surface area contributed by atoms with E-state index in [1.165, 1.54) is 0 Å². The van der Waals surface area contributed by atoms with Gasteiger partial charge in [-0.25, -0.2) is 0 Å². The first kappa shape index (κ1) is 14.3. The maximum absolute atomic E-state index is 12.1. The van der Waals surface area contributed by atoms with Crippen LogP contribution in [0.1, 0.15) is 33.1 Å². The van der Waals surface area contributed by atoms with Gasteiger partial charge in [-0.05, 0) is 33.1 Å². The molecule has 0 saturated carbocycles. The molecule has 0 aromatic rings. The Morgan fingerprint density at radius 3 is 2.74 bits per heavy atom. The molecule has 0 radical (unpaired) electrons.